The van der Waals surface area contributed by atoms with Crippen molar-refractivity contribution >= 4 is 5.96 Å². The lowest BCUT2D eigenvalue weighted by Gasteiger charge is -2.21. The monoisotopic (exact) mass is 327 g/mol. The Hall–Kier alpha value is -0.850. The molecule has 1 aliphatic heterocycles. The summed E-state index contributed by atoms with van der Waals surface area (Å²) in [6, 6.07) is 0. The molecule has 6 nitrogen and oxygen atoms in total. The summed E-state index contributed by atoms with van der Waals surface area (Å²) < 4.78 is 16.3. The van der Waals surface area contributed by atoms with Crippen molar-refractivity contribution in [2.45, 2.75) is 25.7 Å². The lowest BCUT2D eigenvalue weighted by atomic mass is 10.1. The van der Waals surface area contributed by atoms with E-state index >= 15 is 0 Å². The highest BCUT2D eigenvalue weighted by Crippen LogP contribution is 2.28. The van der Waals surface area contributed by atoms with Gasteiger partial charge < -0.3 is 24.4 Å². The summed E-state index contributed by atoms with van der Waals surface area (Å²) in [5, 5.41) is 3.45. The first-order chi connectivity index (χ1) is 11.3. The molecule has 0 aromatic rings. The van der Waals surface area contributed by atoms with Crippen LogP contribution in [0.3, 0.4) is 0 Å². The lowest BCUT2D eigenvalue weighted by Crippen LogP contribution is -2.40. The maximum Gasteiger partial charge on any atom is 0.193 e. The van der Waals surface area contributed by atoms with E-state index in [9.17, 15) is 0 Å². The molecule has 1 aliphatic carbocycles. The molecule has 2 rings (SSSR count). The second kappa shape index (κ2) is 10.8. The third kappa shape index (κ3) is 7.50. The average Bonchev–Trinajstić information content (AvgIpc) is 3.28. The third-order valence-electron chi connectivity index (χ3n) is 4.38. The van der Waals surface area contributed by atoms with Crippen LogP contribution in [0.25, 0.3) is 0 Å². The topological polar surface area (TPSA) is 55.3 Å². The molecule has 1 heterocycles. The quantitative estimate of drug-likeness (QED) is 0.353. The number of nitrogens with zero attached hydrogens (tertiary/aromatic N) is 2. The van der Waals surface area contributed by atoms with Gasteiger partial charge in [-0.2, -0.15) is 0 Å². The number of hydrogen-bond acceptors (Lipinski definition) is 4. The zero-order valence-corrected chi connectivity index (χ0v) is 14.8. The van der Waals surface area contributed by atoms with Gasteiger partial charge in [-0.05, 0) is 31.6 Å². The smallest absolute Gasteiger partial charge is 0.193 e. The van der Waals surface area contributed by atoms with Gasteiger partial charge in [0.15, 0.2) is 5.96 Å². The zero-order chi connectivity index (χ0) is 16.3. The molecule has 2 aliphatic rings. The predicted molar refractivity (Wildman–Crippen MR) is 91.9 cm³/mol. The van der Waals surface area contributed by atoms with E-state index in [0.29, 0.717) is 19.1 Å². The van der Waals surface area contributed by atoms with Crippen LogP contribution in [0.2, 0.25) is 0 Å². The van der Waals surface area contributed by atoms with E-state index in [1.807, 2.05) is 7.05 Å². The Balaban J connectivity index is 1.52. The largest absolute Gasteiger partial charge is 0.382 e. The molecule has 1 N–H and O–H groups in total. The molecule has 1 saturated carbocycles. The fourth-order valence-electron chi connectivity index (χ4n) is 2.79. The van der Waals surface area contributed by atoms with E-state index in [4.69, 9.17) is 14.2 Å². The van der Waals surface area contributed by atoms with E-state index in [-0.39, 0.29) is 0 Å². The van der Waals surface area contributed by atoms with Gasteiger partial charge >= 0.3 is 0 Å². The van der Waals surface area contributed by atoms with Crippen LogP contribution < -0.4 is 5.32 Å². The van der Waals surface area contributed by atoms with E-state index in [1.54, 1.807) is 7.11 Å². The van der Waals surface area contributed by atoms with Gasteiger partial charge in [-0.3, -0.25) is 4.99 Å². The van der Waals surface area contributed by atoms with Gasteiger partial charge in [-0.1, -0.05) is 0 Å². The summed E-state index contributed by atoms with van der Waals surface area (Å²) in [4.78, 5) is 6.73. The van der Waals surface area contributed by atoms with Crippen molar-refractivity contribution < 1.29 is 14.2 Å². The highest BCUT2D eigenvalue weighted by molar-refractivity contribution is 5.80. The van der Waals surface area contributed by atoms with Gasteiger partial charge in [0.2, 0.25) is 0 Å². The summed E-state index contributed by atoms with van der Waals surface area (Å²) in [6.45, 7) is 6.95. The Morgan fingerprint density at radius 2 is 1.87 bits per heavy atom. The van der Waals surface area contributed by atoms with Gasteiger partial charge in [0.05, 0.1) is 19.8 Å². The van der Waals surface area contributed by atoms with Crippen LogP contribution >= 0.6 is 0 Å². The number of guanidine groups is 1. The van der Waals surface area contributed by atoms with Crippen LogP contribution in [0.15, 0.2) is 4.99 Å². The average molecular weight is 327 g/mol. The SMILES string of the molecule is CN=C(NCCCOCC1CC1)N1CCC(COCCOC)C1. The predicted octanol–water partition coefficient (Wildman–Crippen LogP) is 1.36. The summed E-state index contributed by atoms with van der Waals surface area (Å²) in [6.07, 6.45) is 4.91. The Kier molecular flexibility index (Phi) is 8.71. The van der Waals surface area contributed by atoms with E-state index < -0.39 is 0 Å². The number of likely N-dealkylation sites (tertiary alicyclic amines) is 1. The van der Waals surface area contributed by atoms with Crippen molar-refractivity contribution in [3.8, 4) is 0 Å². The van der Waals surface area contributed by atoms with Crippen molar-refractivity contribution in [2.24, 2.45) is 16.8 Å². The standard InChI is InChI=1S/C17H33N3O3/c1-18-17(19-7-3-9-22-13-15-4-5-15)20-8-6-16(12-20)14-23-11-10-21-2/h15-16H,3-14H2,1-2H3,(H,18,19). The zero-order valence-electron chi connectivity index (χ0n) is 14.8. The van der Waals surface area contributed by atoms with Crippen LogP contribution in [0.1, 0.15) is 25.7 Å². The molecule has 0 aromatic heterocycles. The minimum atomic E-state index is 0.590. The van der Waals surface area contributed by atoms with Crippen LogP contribution in [0.5, 0.6) is 0 Å². The number of hydrogen-bond donors (Lipinski definition) is 1. The number of rotatable bonds is 11. The minimum Gasteiger partial charge on any atom is -0.382 e. The van der Waals surface area contributed by atoms with Crippen molar-refractivity contribution in [3.05, 3.63) is 0 Å². The van der Waals surface area contributed by atoms with Crippen LogP contribution in [0, 0.1) is 11.8 Å². The lowest BCUT2D eigenvalue weighted by molar-refractivity contribution is 0.0536. The maximum atomic E-state index is 5.66. The molecule has 1 saturated heterocycles. The highest BCUT2D eigenvalue weighted by Gasteiger charge is 2.25. The molecule has 134 valence electrons. The Morgan fingerprint density at radius 3 is 2.61 bits per heavy atom. The number of nitrogens with one attached hydrogen (secondary N) is 1. The first-order valence-corrected chi connectivity index (χ1v) is 8.93. The molecular formula is C17H33N3O3. The normalized spacial score (nSPS) is 21.9. The molecule has 0 bridgehead atoms. The number of ether oxygens (including phenoxy) is 3. The van der Waals surface area contributed by atoms with E-state index in [2.05, 4.69) is 15.2 Å². The van der Waals surface area contributed by atoms with Gasteiger partial charge in [0.1, 0.15) is 0 Å². The first kappa shape index (κ1) is 18.5. The second-order valence-electron chi connectivity index (χ2n) is 6.51. The number of aliphatic imine (C=N–C) groups is 1. The molecule has 0 radical (unpaired) electrons. The fraction of sp³-hybridized carbons (Fsp3) is 0.941. The highest BCUT2D eigenvalue weighted by atomic mass is 16.5. The number of methoxy groups -OCH3 is 1. The molecule has 1 unspecified atom stereocenters. The van der Waals surface area contributed by atoms with Gasteiger partial charge in [-0.15, -0.1) is 0 Å². The van der Waals surface area contributed by atoms with Crippen molar-refractivity contribution in [3.63, 3.8) is 0 Å². The van der Waals surface area contributed by atoms with E-state index in [1.165, 1.54) is 12.8 Å². The first-order valence-electron chi connectivity index (χ1n) is 8.93. The third-order valence-corrected chi connectivity index (χ3v) is 4.38. The van der Waals surface area contributed by atoms with E-state index in [0.717, 1.165) is 64.2 Å². The van der Waals surface area contributed by atoms with Crippen LogP contribution in [0.4, 0.5) is 0 Å². The van der Waals surface area contributed by atoms with Crippen LogP contribution in [-0.2, 0) is 14.2 Å². The Bertz CT molecular complexity index is 348. The molecular weight excluding hydrogens is 294 g/mol. The molecule has 0 aromatic carbocycles. The molecule has 0 spiro atoms. The fourth-order valence-corrected chi connectivity index (χ4v) is 2.79. The summed E-state index contributed by atoms with van der Waals surface area (Å²) >= 11 is 0. The second-order valence-corrected chi connectivity index (χ2v) is 6.51. The van der Waals surface area contributed by atoms with Gasteiger partial charge in [-0.25, -0.2) is 0 Å². The molecule has 0 amide bonds. The molecule has 23 heavy (non-hydrogen) atoms. The maximum absolute atomic E-state index is 5.66. The molecule has 6 heteroatoms. The van der Waals surface area contributed by atoms with Crippen molar-refractivity contribution in [1.29, 1.82) is 0 Å². The van der Waals surface area contributed by atoms with Gasteiger partial charge in [0.25, 0.3) is 0 Å². The Morgan fingerprint density at radius 1 is 1.09 bits per heavy atom. The summed E-state index contributed by atoms with van der Waals surface area (Å²) in [5.74, 6) is 2.45. The van der Waals surface area contributed by atoms with Gasteiger partial charge in [0, 0.05) is 52.9 Å². The summed E-state index contributed by atoms with van der Waals surface area (Å²) in [5.41, 5.74) is 0. The summed E-state index contributed by atoms with van der Waals surface area (Å²) in [7, 11) is 3.56. The van der Waals surface area contributed by atoms with Crippen LogP contribution in [-0.4, -0.2) is 77.7 Å². The minimum absolute atomic E-state index is 0.590. The van der Waals surface area contributed by atoms with Crippen molar-refractivity contribution in [1.82, 2.24) is 10.2 Å². The molecule has 1 atom stereocenters. The Labute approximate surface area is 140 Å². The molecule has 2 fully saturated rings. The van der Waals surface area contributed by atoms with Crippen molar-refractivity contribution in [2.75, 3.05) is 66.8 Å².